The second-order valence-corrected chi connectivity index (χ2v) is 7.52. The van der Waals surface area contributed by atoms with E-state index in [-0.39, 0.29) is 11.9 Å². The maximum absolute atomic E-state index is 13.4. The summed E-state index contributed by atoms with van der Waals surface area (Å²) in [6, 6.07) is 23.1. The second kappa shape index (κ2) is 10.1. The molecule has 1 amide bonds. The molecule has 3 rings (SSSR count). The molecule has 0 aliphatic carbocycles. The molecular formula is C26H26ClNO2. The minimum Gasteiger partial charge on any atom is -0.496 e. The standard InChI is InChI=1S/C26H26ClNO2/c1-4-24(21-14-15-25(30-3)18(2)16-21)28-26(29)22(19-10-6-5-7-11-19)17-20-12-8-9-13-23(20)27/h5-17,24H,4H2,1-3H3,(H,28,29)/b22-17+/t24-/m0/s1. The molecule has 0 aliphatic heterocycles. The van der Waals surface area contributed by atoms with E-state index in [0.29, 0.717) is 10.6 Å². The average molecular weight is 420 g/mol. The zero-order valence-electron chi connectivity index (χ0n) is 17.5. The van der Waals surface area contributed by atoms with Gasteiger partial charge in [0, 0.05) is 10.6 Å². The predicted octanol–water partition coefficient (Wildman–Crippen LogP) is 6.47. The molecule has 0 fully saturated rings. The summed E-state index contributed by atoms with van der Waals surface area (Å²) in [5, 5.41) is 3.80. The Morgan fingerprint density at radius 3 is 2.40 bits per heavy atom. The third kappa shape index (κ3) is 5.11. The lowest BCUT2D eigenvalue weighted by atomic mass is 9.98. The zero-order chi connectivity index (χ0) is 21.5. The van der Waals surface area contributed by atoms with Crippen LogP contribution in [0.4, 0.5) is 0 Å². The Bertz CT molecular complexity index is 1040. The van der Waals surface area contributed by atoms with E-state index in [1.807, 2.05) is 79.7 Å². The van der Waals surface area contributed by atoms with Crippen molar-refractivity contribution in [1.82, 2.24) is 5.32 Å². The summed E-state index contributed by atoms with van der Waals surface area (Å²) in [7, 11) is 1.66. The Hall–Kier alpha value is -3.04. The van der Waals surface area contributed by atoms with E-state index in [2.05, 4.69) is 18.3 Å². The molecule has 4 heteroatoms. The maximum Gasteiger partial charge on any atom is 0.252 e. The van der Waals surface area contributed by atoms with E-state index in [1.54, 1.807) is 7.11 Å². The highest BCUT2D eigenvalue weighted by molar-refractivity contribution is 6.33. The fourth-order valence-corrected chi connectivity index (χ4v) is 3.61. The van der Waals surface area contributed by atoms with Crippen molar-refractivity contribution in [2.45, 2.75) is 26.3 Å². The topological polar surface area (TPSA) is 38.3 Å². The molecule has 1 N–H and O–H groups in total. The van der Waals surface area contributed by atoms with E-state index >= 15 is 0 Å². The minimum atomic E-state index is -0.138. The molecule has 0 aliphatic rings. The Morgan fingerprint density at radius 1 is 1.07 bits per heavy atom. The van der Waals surface area contributed by atoms with Gasteiger partial charge < -0.3 is 10.1 Å². The monoisotopic (exact) mass is 419 g/mol. The highest BCUT2D eigenvalue weighted by Crippen LogP contribution is 2.27. The number of methoxy groups -OCH3 is 1. The molecule has 0 saturated carbocycles. The van der Waals surface area contributed by atoms with Gasteiger partial charge in [-0.25, -0.2) is 0 Å². The number of carbonyl (C=O) groups is 1. The van der Waals surface area contributed by atoms with Crippen molar-refractivity contribution in [3.8, 4) is 5.75 Å². The molecule has 1 atom stereocenters. The SMILES string of the molecule is CC[C@H](NC(=O)/C(=C/c1ccccc1Cl)c1ccccc1)c1ccc(OC)c(C)c1. The first-order chi connectivity index (χ1) is 14.5. The molecule has 0 radical (unpaired) electrons. The fraction of sp³-hybridized carbons (Fsp3) is 0.192. The van der Waals surface area contributed by atoms with Gasteiger partial charge in [0.2, 0.25) is 0 Å². The Morgan fingerprint density at radius 2 is 1.77 bits per heavy atom. The summed E-state index contributed by atoms with van der Waals surface area (Å²) in [6.45, 7) is 4.06. The van der Waals surface area contributed by atoms with E-state index < -0.39 is 0 Å². The zero-order valence-corrected chi connectivity index (χ0v) is 18.2. The van der Waals surface area contributed by atoms with Crippen molar-refractivity contribution in [1.29, 1.82) is 0 Å². The van der Waals surface area contributed by atoms with Gasteiger partial charge >= 0.3 is 0 Å². The number of hydrogen-bond acceptors (Lipinski definition) is 2. The molecular weight excluding hydrogens is 394 g/mol. The number of halogens is 1. The molecule has 0 heterocycles. The van der Waals surface area contributed by atoms with Gasteiger partial charge in [0.05, 0.1) is 13.2 Å². The van der Waals surface area contributed by atoms with Gasteiger partial charge in [-0.15, -0.1) is 0 Å². The Balaban J connectivity index is 1.95. The highest BCUT2D eigenvalue weighted by atomic mass is 35.5. The van der Waals surface area contributed by atoms with Crippen LogP contribution in [0, 0.1) is 6.92 Å². The molecule has 0 aromatic heterocycles. The summed E-state index contributed by atoms with van der Waals surface area (Å²) in [5.74, 6) is 0.699. The number of ether oxygens (including phenoxy) is 1. The normalized spacial score (nSPS) is 12.3. The van der Waals surface area contributed by atoms with E-state index in [9.17, 15) is 4.79 Å². The summed E-state index contributed by atoms with van der Waals surface area (Å²) < 4.78 is 5.36. The van der Waals surface area contributed by atoms with Gasteiger partial charge in [0.25, 0.3) is 5.91 Å². The van der Waals surface area contributed by atoms with Crippen molar-refractivity contribution >= 4 is 29.2 Å². The van der Waals surface area contributed by atoms with Crippen molar-refractivity contribution in [2.24, 2.45) is 0 Å². The Kier molecular flexibility index (Phi) is 7.31. The number of carbonyl (C=O) groups excluding carboxylic acids is 1. The van der Waals surface area contributed by atoms with Gasteiger partial charge in [-0.3, -0.25) is 4.79 Å². The number of benzene rings is 3. The molecule has 0 saturated heterocycles. The van der Waals surface area contributed by atoms with Crippen LogP contribution in [0.15, 0.2) is 72.8 Å². The smallest absolute Gasteiger partial charge is 0.252 e. The first kappa shape index (κ1) is 21.7. The molecule has 0 unspecified atom stereocenters. The summed E-state index contributed by atoms with van der Waals surface area (Å²) in [4.78, 5) is 13.4. The lowest BCUT2D eigenvalue weighted by molar-refractivity contribution is -0.116. The fourth-order valence-electron chi connectivity index (χ4n) is 3.42. The van der Waals surface area contributed by atoms with Crippen LogP contribution in [0.25, 0.3) is 11.6 Å². The van der Waals surface area contributed by atoms with Crippen LogP contribution in [0.3, 0.4) is 0 Å². The lowest BCUT2D eigenvalue weighted by Crippen LogP contribution is -2.29. The van der Waals surface area contributed by atoms with Crippen LogP contribution in [0.5, 0.6) is 5.75 Å². The number of rotatable bonds is 7. The lowest BCUT2D eigenvalue weighted by Gasteiger charge is -2.20. The van der Waals surface area contributed by atoms with Gasteiger partial charge in [-0.2, -0.15) is 0 Å². The van der Waals surface area contributed by atoms with E-state index in [0.717, 1.165) is 34.4 Å². The minimum absolute atomic E-state index is 0.111. The molecule has 30 heavy (non-hydrogen) atoms. The number of nitrogens with one attached hydrogen (secondary N) is 1. The van der Waals surface area contributed by atoms with E-state index in [1.165, 1.54) is 0 Å². The quantitative estimate of drug-likeness (QED) is 0.352. The molecule has 3 aromatic rings. The van der Waals surface area contributed by atoms with Crippen molar-refractivity contribution in [2.75, 3.05) is 7.11 Å². The van der Waals surface area contributed by atoms with Gasteiger partial charge in [0.1, 0.15) is 5.75 Å². The first-order valence-corrected chi connectivity index (χ1v) is 10.4. The summed E-state index contributed by atoms with van der Waals surface area (Å²) in [5.41, 5.74) is 4.32. The highest BCUT2D eigenvalue weighted by Gasteiger charge is 2.18. The van der Waals surface area contributed by atoms with Gasteiger partial charge in [-0.05, 0) is 53.8 Å². The number of aryl methyl sites for hydroxylation is 1. The third-order valence-corrected chi connectivity index (χ3v) is 5.41. The number of amides is 1. The van der Waals surface area contributed by atoms with Crippen LogP contribution < -0.4 is 10.1 Å². The van der Waals surface area contributed by atoms with Crippen molar-refractivity contribution in [3.63, 3.8) is 0 Å². The van der Waals surface area contributed by atoms with Crippen LogP contribution in [0.2, 0.25) is 5.02 Å². The second-order valence-electron chi connectivity index (χ2n) is 7.11. The predicted molar refractivity (Wildman–Crippen MR) is 125 cm³/mol. The van der Waals surface area contributed by atoms with Crippen LogP contribution in [-0.2, 0) is 4.79 Å². The van der Waals surface area contributed by atoms with Crippen LogP contribution in [-0.4, -0.2) is 13.0 Å². The van der Waals surface area contributed by atoms with E-state index in [4.69, 9.17) is 16.3 Å². The average Bonchev–Trinajstić information content (AvgIpc) is 2.77. The van der Waals surface area contributed by atoms with Gasteiger partial charge in [-0.1, -0.05) is 79.2 Å². The molecule has 3 nitrogen and oxygen atoms in total. The van der Waals surface area contributed by atoms with Crippen LogP contribution >= 0.6 is 11.6 Å². The molecule has 154 valence electrons. The largest absolute Gasteiger partial charge is 0.496 e. The number of hydrogen-bond donors (Lipinski definition) is 1. The molecule has 0 spiro atoms. The third-order valence-electron chi connectivity index (χ3n) is 5.07. The Labute approximate surface area is 183 Å². The first-order valence-electron chi connectivity index (χ1n) is 10.0. The molecule has 0 bridgehead atoms. The van der Waals surface area contributed by atoms with Crippen molar-refractivity contribution < 1.29 is 9.53 Å². The van der Waals surface area contributed by atoms with Crippen LogP contribution in [0.1, 0.15) is 41.6 Å². The summed E-state index contributed by atoms with van der Waals surface area (Å²) in [6.07, 6.45) is 2.62. The van der Waals surface area contributed by atoms with Crippen molar-refractivity contribution in [3.05, 3.63) is 100 Å². The summed E-state index contributed by atoms with van der Waals surface area (Å²) >= 11 is 6.35. The molecule has 3 aromatic carbocycles. The van der Waals surface area contributed by atoms with Gasteiger partial charge in [0.15, 0.2) is 0 Å². The maximum atomic E-state index is 13.4.